The summed E-state index contributed by atoms with van der Waals surface area (Å²) in [4.78, 5) is 48.9. The van der Waals surface area contributed by atoms with Crippen LogP contribution in [0.15, 0.2) is 60.7 Å². The van der Waals surface area contributed by atoms with Gasteiger partial charge in [0.05, 0.1) is 24.9 Å². The van der Waals surface area contributed by atoms with Gasteiger partial charge in [-0.25, -0.2) is 23.3 Å². The van der Waals surface area contributed by atoms with Crippen LogP contribution < -0.4 is 16.0 Å². The summed E-state index contributed by atoms with van der Waals surface area (Å²) in [5.41, 5.74) is 3.85. The maximum absolute atomic E-state index is 14.2. The van der Waals surface area contributed by atoms with Gasteiger partial charge in [-0.2, -0.15) is 26.3 Å². The van der Waals surface area contributed by atoms with E-state index in [-0.39, 0.29) is 12.2 Å². The number of methoxy groups -OCH3 is 1. The van der Waals surface area contributed by atoms with Crippen LogP contribution in [0.3, 0.4) is 0 Å². The molecule has 1 aliphatic heterocycles. The number of imide groups is 1. The van der Waals surface area contributed by atoms with Crippen LogP contribution >= 0.6 is 0 Å². The minimum atomic E-state index is -5.08. The number of hydrogen-bond acceptors (Lipinski definition) is 7. The molecule has 3 aromatic carbocycles. The number of urea groups is 1. The smallest absolute Gasteiger partial charge is 0.475 e. The number of benzene rings is 3. The molecule has 0 radical (unpaired) electrons. The van der Waals surface area contributed by atoms with E-state index < -0.39 is 70.7 Å². The summed E-state index contributed by atoms with van der Waals surface area (Å²) in [5, 5.41) is 10.1. The number of hydrogen-bond donors (Lipinski definition) is 3. The van der Waals surface area contributed by atoms with Crippen molar-refractivity contribution in [3.05, 3.63) is 89.0 Å². The number of aliphatic carboxylic acids is 1. The second-order valence-electron chi connectivity index (χ2n) is 10.6. The number of ether oxygens (including phenoxy) is 1. The number of halogens is 8. The molecular formula is C30H26F8N4O6. The molecule has 0 aromatic heterocycles. The van der Waals surface area contributed by atoms with Crippen molar-refractivity contribution in [2.75, 3.05) is 17.3 Å². The average molecular weight is 691 g/mol. The molecule has 4 N–H and O–H groups in total. The molecule has 1 atom stereocenters. The SMILES string of the molecule is COC(=O)C(N)c1ccc(Nc2cc(F)ccc2CN2C(=O)N(c3ccc(F)c(C(F)(F)F)c3)C(=O)C2(C)C)cc1.O=C(O)C(F)(F)F. The molecule has 1 saturated heterocycles. The quantitative estimate of drug-likeness (QED) is 0.149. The number of nitrogens with two attached hydrogens (primary N) is 1. The van der Waals surface area contributed by atoms with Gasteiger partial charge in [-0.15, -0.1) is 0 Å². The lowest BCUT2D eigenvalue weighted by molar-refractivity contribution is -0.192. The number of anilines is 3. The largest absolute Gasteiger partial charge is 0.490 e. The summed E-state index contributed by atoms with van der Waals surface area (Å²) in [6, 6.07) is 9.99. The van der Waals surface area contributed by atoms with Crippen molar-refractivity contribution in [3.63, 3.8) is 0 Å². The van der Waals surface area contributed by atoms with Crippen LogP contribution in [0.2, 0.25) is 0 Å². The van der Waals surface area contributed by atoms with Gasteiger partial charge in [0, 0.05) is 11.4 Å². The van der Waals surface area contributed by atoms with Crippen LogP contribution in [0, 0.1) is 11.6 Å². The lowest BCUT2D eigenvalue weighted by Gasteiger charge is -2.28. The van der Waals surface area contributed by atoms with Crippen molar-refractivity contribution in [1.29, 1.82) is 0 Å². The van der Waals surface area contributed by atoms with E-state index in [0.29, 0.717) is 33.8 Å². The number of amides is 3. The van der Waals surface area contributed by atoms with Gasteiger partial charge in [0.1, 0.15) is 23.2 Å². The van der Waals surface area contributed by atoms with Gasteiger partial charge in [-0.05, 0) is 67.4 Å². The molecule has 48 heavy (non-hydrogen) atoms. The number of carboxylic acid groups (broad SMARTS) is 1. The van der Waals surface area contributed by atoms with Gasteiger partial charge in [-0.1, -0.05) is 18.2 Å². The third kappa shape index (κ3) is 8.17. The molecule has 10 nitrogen and oxygen atoms in total. The molecule has 0 aliphatic carbocycles. The fourth-order valence-corrected chi connectivity index (χ4v) is 4.36. The van der Waals surface area contributed by atoms with Gasteiger partial charge in [0.2, 0.25) is 0 Å². The highest BCUT2D eigenvalue weighted by molar-refractivity contribution is 6.23. The molecule has 0 saturated carbocycles. The average Bonchev–Trinajstić information content (AvgIpc) is 3.16. The Bertz CT molecular complexity index is 1710. The van der Waals surface area contributed by atoms with E-state index in [4.69, 9.17) is 15.6 Å². The van der Waals surface area contributed by atoms with E-state index in [1.54, 1.807) is 24.3 Å². The van der Waals surface area contributed by atoms with E-state index in [0.717, 1.165) is 17.0 Å². The number of rotatable bonds is 7. The highest BCUT2D eigenvalue weighted by Gasteiger charge is 2.52. The first kappa shape index (κ1) is 37.2. The zero-order valence-corrected chi connectivity index (χ0v) is 25.0. The Labute approximate surface area is 266 Å². The van der Waals surface area contributed by atoms with Crippen LogP contribution in [0.5, 0.6) is 0 Å². The van der Waals surface area contributed by atoms with Crippen LogP contribution in [0.25, 0.3) is 0 Å². The molecule has 1 heterocycles. The zero-order valence-electron chi connectivity index (χ0n) is 25.0. The molecular weight excluding hydrogens is 664 g/mol. The van der Waals surface area contributed by atoms with Crippen molar-refractivity contribution >= 4 is 40.9 Å². The Morgan fingerprint density at radius 1 is 0.958 bits per heavy atom. The van der Waals surface area contributed by atoms with Crippen LogP contribution in [0.1, 0.15) is 36.6 Å². The maximum atomic E-state index is 14.2. The molecule has 258 valence electrons. The van der Waals surface area contributed by atoms with Gasteiger partial charge in [0.25, 0.3) is 5.91 Å². The highest BCUT2D eigenvalue weighted by atomic mass is 19.4. The van der Waals surface area contributed by atoms with Gasteiger partial charge in [0.15, 0.2) is 0 Å². The Kier molecular flexibility index (Phi) is 10.7. The Hall–Kier alpha value is -5.26. The topological polar surface area (TPSA) is 142 Å². The summed E-state index contributed by atoms with van der Waals surface area (Å²) in [5.74, 6) is -6.35. The third-order valence-corrected chi connectivity index (χ3v) is 6.98. The molecule has 0 bridgehead atoms. The van der Waals surface area contributed by atoms with E-state index in [1.807, 2.05) is 0 Å². The fraction of sp³-hybridized carbons (Fsp3) is 0.267. The van der Waals surface area contributed by atoms with Crippen LogP contribution in [0.4, 0.5) is 57.0 Å². The molecule has 0 spiro atoms. The van der Waals surface area contributed by atoms with Crippen LogP contribution in [-0.4, -0.2) is 52.7 Å². The third-order valence-electron chi connectivity index (χ3n) is 6.98. The first-order valence-electron chi connectivity index (χ1n) is 13.4. The Morgan fingerprint density at radius 2 is 1.54 bits per heavy atom. The number of nitrogens with zero attached hydrogens (tertiary/aromatic N) is 2. The predicted octanol–water partition coefficient (Wildman–Crippen LogP) is 6.28. The second kappa shape index (κ2) is 13.8. The number of nitrogens with one attached hydrogen (secondary N) is 1. The number of alkyl halides is 6. The monoisotopic (exact) mass is 690 g/mol. The van der Waals surface area contributed by atoms with Crippen molar-refractivity contribution < 1.29 is 64.1 Å². The highest BCUT2D eigenvalue weighted by Crippen LogP contribution is 2.38. The Balaban J connectivity index is 0.000000804. The summed E-state index contributed by atoms with van der Waals surface area (Å²) >= 11 is 0. The van der Waals surface area contributed by atoms with Gasteiger partial charge >= 0.3 is 30.3 Å². The summed E-state index contributed by atoms with van der Waals surface area (Å²) < 4.78 is 104. The van der Waals surface area contributed by atoms with Gasteiger partial charge in [-0.3, -0.25) is 9.59 Å². The normalized spacial score (nSPS) is 15.1. The van der Waals surface area contributed by atoms with E-state index in [9.17, 15) is 49.5 Å². The number of carboxylic acids is 1. The summed E-state index contributed by atoms with van der Waals surface area (Å²) in [6.45, 7) is 2.61. The van der Waals surface area contributed by atoms with Crippen molar-refractivity contribution in [3.8, 4) is 0 Å². The second-order valence-corrected chi connectivity index (χ2v) is 10.6. The van der Waals surface area contributed by atoms with E-state index in [2.05, 4.69) is 10.1 Å². The summed E-state index contributed by atoms with van der Waals surface area (Å²) in [6.07, 6.45) is -10.1. The molecule has 1 aliphatic rings. The number of carbonyl (C=O) groups excluding carboxylic acids is 3. The molecule has 3 amide bonds. The number of carbonyl (C=O) groups is 4. The van der Waals surface area contributed by atoms with Crippen molar-refractivity contribution in [1.82, 2.24) is 4.90 Å². The minimum Gasteiger partial charge on any atom is -0.475 e. The van der Waals surface area contributed by atoms with Crippen molar-refractivity contribution in [2.24, 2.45) is 5.73 Å². The molecule has 4 rings (SSSR count). The van der Waals surface area contributed by atoms with Crippen molar-refractivity contribution in [2.45, 2.75) is 44.3 Å². The zero-order chi connectivity index (χ0) is 36.4. The minimum absolute atomic E-state index is 0.227. The number of esters is 1. The van der Waals surface area contributed by atoms with Crippen LogP contribution in [-0.2, 0) is 31.8 Å². The standard InChI is InChI=1S/C28H25F5N4O4.C2HF3O2/c1-27(2)25(39)37(19-10-11-21(30)20(13-19)28(31,32)33)26(40)36(27)14-16-4-7-17(29)12-22(16)35-18-8-5-15(6-9-18)23(34)24(38)41-3;3-2(4,5)1(6)7/h4-13,23,35H,14,34H2,1-3H3;(H,6,7). The maximum Gasteiger partial charge on any atom is 0.490 e. The molecule has 1 unspecified atom stereocenters. The predicted molar refractivity (Wildman–Crippen MR) is 153 cm³/mol. The molecule has 1 fully saturated rings. The Morgan fingerprint density at radius 3 is 2.06 bits per heavy atom. The fourth-order valence-electron chi connectivity index (χ4n) is 4.36. The lowest BCUT2D eigenvalue weighted by atomic mass is 10.0. The van der Waals surface area contributed by atoms with E-state index in [1.165, 1.54) is 33.1 Å². The lowest BCUT2D eigenvalue weighted by Crippen LogP contribution is -2.43. The van der Waals surface area contributed by atoms with E-state index >= 15 is 0 Å². The first-order valence-corrected chi connectivity index (χ1v) is 13.4. The summed E-state index contributed by atoms with van der Waals surface area (Å²) in [7, 11) is 1.21. The van der Waals surface area contributed by atoms with Gasteiger partial charge < -0.3 is 25.8 Å². The first-order chi connectivity index (χ1) is 22.1. The molecule has 18 heteroatoms. The molecule has 3 aromatic rings.